The largest absolute Gasteiger partial charge is 0.314 e. The van der Waals surface area contributed by atoms with Gasteiger partial charge in [0.25, 0.3) is 0 Å². The Morgan fingerprint density at radius 2 is 2.00 bits per heavy atom. The summed E-state index contributed by atoms with van der Waals surface area (Å²) >= 11 is 5.69. The lowest BCUT2D eigenvalue weighted by Crippen LogP contribution is -2.41. The molecule has 0 aliphatic carbocycles. The summed E-state index contributed by atoms with van der Waals surface area (Å²) in [5.74, 6) is -1.79. The van der Waals surface area contributed by atoms with Gasteiger partial charge in [0.15, 0.2) is 0 Å². The van der Waals surface area contributed by atoms with Gasteiger partial charge in [0.2, 0.25) is 11.8 Å². The summed E-state index contributed by atoms with van der Waals surface area (Å²) in [6.07, 6.45) is 0.490. The van der Waals surface area contributed by atoms with Gasteiger partial charge < -0.3 is 4.90 Å². The van der Waals surface area contributed by atoms with Crippen LogP contribution in [0, 0.1) is 11.6 Å². The summed E-state index contributed by atoms with van der Waals surface area (Å²) in [5, 5.41) is 5.26. The first-order valence-corrected chi connectivity index (χ1v) is 8.58. The number of likely N-dealkylation sites (N-methyl/N-ethyl adjacent to an activating group) is 1. The van der Waals surface area contributed by atoms with E-state index >= 15 is 0 Å². The quantitative estimate of drug-likeness (QED) is 0.799. The number of hydrazone groups is 1. The Kier molecular flexibility index (Phi) is 5.51. The van der Waals surface area contributed by atoms with Crippen LogP contribution < -0.4 is 4.90 Å². The summed E-state index contributed by atoms with van der Waals surface area (Å²) < 4.78 is 27.0. The molecular formula is C19H16ClF2N3O2. The van der Waals surface area contributed by atoms with Crippen LogP contribution in [-0.4, -0.2) is 36.1 Å². The first-order chi connectivity index (χ1) is 12.8. The van der Waals surface area contributed by atoms with Gasteiger partial charge in [-0.1, -0.05) is 23.7 Å². The number of hydrogen-bond donors (Lipinski definition) is 0. The highest BCUT2D eigenvalue weighted by molar-refractivity contribution is 6.30. The highest BCUT2D eigenvalue weighted by Crippen LogP contribution is 2.21. The fraction of sp³-hybridized carbons (Fsp3) is 0.211. The van der Waals surface area contributed by atoms with E-state index in [9.17, 15) is 18.4 Å². The molecule has 27 heavy (non-hydrogen) atoms. The molecule has 0 aromatic heterocycles. The number of rotatable bonds is 4. The number of carbonyl (C=O) groups excluding carboxylic acids is 2. The zero-order chi connectivity index (χ0) is 19.6. The second kappa shape index (κ2) is 7.84. The molecule has 3 rings (SSSR count). The van der Waals surface area contributed by atoms with Crippen molar-refractivity contribution in [3.8, 4) is 0 Å². The molecule has 0 atom stereocenters. The fourth-order valence-electron chi connectivity index (χ4n) is 2.67. The Morgan fingerprint density at radius 1 is 1.22 bits per heavy atom. The van der Waals surface area contributed by atoms with Crippen LogP contribution in [0.15, 0.2) is 47.6 Å². The summed E-state index contributed by atoms with van der Waals surface area (Å²) in [7, 11) is 1.49. The van der Waals surface area contributed by atoms with Crippen LogP contribution >= 0.6 is 11.6 Å². The second-order valence-electron chi connectivity index (χ2n) is 6.06. The van der Waals surface area contributed by atoms with Gasteiger partial charge in [-0.25, -0.2) is 13.8 Å². The van der Waals surface area contributed by atoms with Crippen LogP contribution in [0.1, 0.15) is 18.4 Å². The summed E-state index contributed by atoms with van der Waals surface area (Å²) in [5.41, 5.74) is 1.36. The van der Waals surface area contributed by atoms with E-state index in [2.05, 4.69) is 5.10 Å². The molecule has 2 aromatic carbocycles. The Morgan fingerprint density at radius 3 is 2.70 bits per heavy atom. The molecule has 140 valence electrons. The van der Waals surface area contributed by atoms with Crippen molar-refractivity contribution in [2.45, 2.75) is 12.8 Å². The molecule has 0 saturated carbocycles. The van der Waals surface area contributed by atoms with Gasteiger partial charge in [-0.05, 0) is 30.3 Å². The Hall–Kier alpha value is -2.80. The first-order valence-electron chi connectivity index (χ1n) is 8.20. The van der Waals surface area contributed by atoms with Crippen molar-refractivity contribution < 1.29 is 18.4 Å². The maximum absolute atomic E-state index is 13.7. The third-order valence-electron chi connectivity index (χ3n) is 4.21. The number of hydrogen-bond acceptors (Lipinski definition) is 3. The highest BCUT2D eigenvalue weighted by Gasteiger charge is 2.25. The molecule has 1 aliphatic heterocycles. The number of halogens is 3. The zero-order valence-corrected chi connectivity index (χ0v) is 15.2. The van der Waals surface area contributed by atoms with Crippen molar-refractivity contribution in [1.82, 2.24) is 5.01 Å². The lowest BCUT2D eigenvalue weighted by Gasteiger charge is -2.25. The third-order valence-corrected chi connectivity index (χ3v) is 4.52. The molecule has 0 spiro atoms. The Labute approximate surface area is 159 Å². The smallest absolute Gasteiger partial charge is 0.248 e. The van der Waals surface area contributed by atoms with E-state index in [0.29, 0.717) is 23.4 Å². The maximum atomic E-state index is 13.7. The van der Waals surface area contributed by atoms with Crippen molar-refractivity contribution >= 4 is 34.8 Å². The summed E-state index contributed by atoms with van der Waals surface area (Å²) in [6.45, 7) is -0.300. The van der Waals surface area contributed by atoms with Crippen molar-refractivity contribution in [1.29, 1.82) is 0 Å². The average Bonchev–Trinajstić information content (AvgIpc) is 2.65. The molecule has 2 amide bonds. The summed E-state index contributed by atoms with van der Waals surface area (Å²) in [6, 6.07) is 9.85. The predicted molar refractivity (Wildman–Crippen MR) is 98.7 cm³/mol. The monoisotopic (exact) mass is 391 g/mol. The molecule has 2 aromatic rings. The topological polar surface area (TPSA) is 53.0 Å². The van der Waals surface area contributed by atoms with Crippen LogP contribution in [0.2, 0.25) is 5.02 Å². The number of benzene rings is 2. The van der Waals surface area contributed by atoms with E-state index < -0.39 is 17.5 Å². The molecule has 0 fully saturated rings. The zero-order valence-electron chi connectivity index (χ0n) is 14.5. The van der Waals surface area contributed by atoms with E-state index in [4.69, 9.17) is 11.6 Å². The van der Waals surface area contributed by atoms with Crippen molar-refractivity contribution in [3.63, 3.8) is 0 Å². The predicted octanol–water partition coefficient (Wildman–Crippen LogP) is 3.61. The minimum atomic E-state index is -0.581. The van der Waals surface area contributed by atoms with Gasteiger partial charge >= 0.3 is 0 Å². The molecule has 0 unspecified atom stereocenters. The minimum absolute atomic E-state index is 0.00464. The van der Waals surface area contributed by atoms with Crippen LogP contribution in [0.25, 0.3) is 0 Å². The molecular weight excluding hydrogens is 376 g/mol. The second-order valence-corrected chi connectivity index (χ2v) is 6.47. The molecule has 0 radical (unpaired) electrons. The van der Waals surface area contributed by atoms with Crippen LogP contribution in [0.3, 0.4) is 0 Å². The van der Waals surface area contributed by atoms with Gasteiger partial charge in [0.1, 0.15) is 18.2 Å². The maximum Gasteiger partial charge on any atom is 0.248 e. The molecule has 0 saturated heterocycles. The van der Waals surface area contributed by atoms with E-state index in [1.54, 1.807) is 12.1 Å². The normalized spacial score (nSPS) is 14.1. The Bertz CT molecular complexity index is 933. The van der Waals surface area contributed by atoms with Gasteiger partial charge in [-0.3, -0.25) is 9.59 Å². The molecule has 0 bridgehead atoms. The van der Waals surface area contributed by atoms with Crippen LogP contribution in [0.5, 0.6) is 0 Å². The van der Waals surface area contributed by atoms with Crippen molar-refractivity contribution in [3.05, 3.63) is 64.7 Å². The first kappa shape index (κ1) is 19.0. The van der Waals surface area contributed by atoms with Gasteiger partial charge in [0, 0.05) is 31.1 Å². The standard InChI is InChI=1S/C19H16ClF2N3O2/c1-24(14-4-2-3-13(21)10-14)19(27)11-25-18(26)8-7-17(23-25)12-5-6-15(20)16(22)9-12/h2-6,9-10H,7-8,11H2,1H3. The fourth-order valence-corrected chi connectivity index (χ4v) is 2.79. The van der Waals surface area contributed by atoms with Crippen molar-refractivity contribution in [2.75, 3.05) is 18.5 Å². The number of nitrogens with zero attached hydrogens (tertiary/aromatic N) is 3. The van der Waals surface area contributed by atoms with Crippen LogP contribution in [0.4, 0.5) is 14.5 Å². The number of anilines is 1. The molecule has 0 N–H and O–H groups in total. The molecule has 1 heterocycles. The van der Waals surface area contributed by atoms with E-state index in [-0.39, 0.29) is 23.9 Å². The minimum Gasteiger partial charge on any atom is -0.314 e. The van der Waals surface area contributed by atoms with Crippen molar-refractivity contribution in [2.24, 2.45) is 5.10 Å². The van der Waals surface area contributed by atoms with Gasteiger partial charge in [0.05, 0.1) is 10.7 Å². The van der Waals surface area contributed by atoms with Gasteiger partial charge in [-0.2, -0.15) is 5.10 Å². The third kappa shape index (κ3) is 4.31. The van der Waals surface area contributed by atoms with Gasteiger partial charge in [-0.15, -0.1) is 0 Å². The molecule has 8 heteroatoms. The molecule has 1 aliphatic rings. The number of carbonyl (C=O) groups is 2. The Balaban J connectivity index is 1.79. The average molecular weight is 392 g/mol. The SMILES string of the molecule is CN(C(=O)CN1N=C(c2ccc(Cl)c(F)c2)CCC1=O)c1cccc(F)c1. The van der Waals surface area contributed by atoms with E-state index in [0.717, 1.165) is 5.01 Å². The lowest BCUT2D eigenvalue weighted by molar-refractivity contribution is -0.135. The highest BCUT2D eigenvalue weighted by atomic mass is 35.5. The summed E-state index contributed by atoms with van der Waals surface area (Å²) in [4.78, 5) is 25.9. The number of amides is 2. The van der Waals surface area contributed by atoms with E-state index in [1.165, 1.54) is 42.3 Å². The lowest BCUT2D eigenvalue weighted by atomic mass is 10.0. The van der Waals surface area contributed by atoms with Crippen LogP contribution in [-0.2, 0) is 9.59 Å². The molecule has 5 nitrogen and oxygen atoms in total. The van der Waals surface area contributed by atoms with E-state index in [1.807, 2.05) is 0 Å².